The van der Waals surface area contributed by atoms with Crippen molar-refractivity contribution in [2.24, 2.45) is 0 Å². The van der Waals surface area contributed by atoms with Crippen molar-refractivity contribution in [1.29, 1.82) is 0 Å². The first kappa shape index (κ1) is 70.5. The first-order chi connectivity index (χ1) is 32.5. The van der Waals surface area contributed by atoms with Gasteiger partial charge in [-0.1, -0.05) is 18.2 Å². The number of pyridine rings is 3. The van der Waals surface area contributed by atoms with Crippen LogP contribution in [0.2, 0.25) is 0 Å². The van der Waals surface area contributed by atoms with Gasteiger partial charge in [0.1, 0.15) is 11.2 Å². The fourth-order valence-corrected chi connectivity index (χ4v) is 7.57. The molecule has 7 heterocycles. The van der Waals surface area contributed by atoms with E-state index in [2.05, 4.69) is 47.7 Å². The molecule has 0 saturated carbocycles. The summed E-state index contributed by atoms with van der Waals surface area (Å²) in [5, 5.41) is 11.7. The number of H-pyrrole nitrogens is 1. The van der Waals surface area contributed by atoms with Crippen molar-refractivity contribution in [2.45, 2.75) is 123 Å². The molecule has 72 heavy (non-hydrogen) atoms. The zero-order valence-electron chi connectivity index (χ0n) is 45.6. The van der Waals surface area contributed by atoms with Crippen molar-refractivity contribution in [3.63, 3.8) is 0 Å². The molecule has 2 amide bonds. The van der Waals surface area contributed by atoms with E-state index < -0.39 is 11.2 Å². The molecular formula is C49H73BClIK2N6O12. The molecule has 0 spiro atoms. The molecule has 0 bridgehead atoms. The standard InChI is InChI=1S/C16H28BNO4.C16H22N2O3.C10H14N2O.C6H6INO.CH2O3.ClH.2K.H/c1-14(2,3)20-13(19)18-10-8-12(9-11-18)17-21-15(4,5)16(6,7)22-17;1-16(2,3)21-15(19)18-10-7-12(8-11-18)13-6-5-9-17-14(13)20-4;13-10-9(2-1-5-12-10)8-3-6-11-7-4-8;1-9-6-5(7)3-2-4-8-6;2-1-4-3;;;;/h8H,9-11H2,1-7H3;5-7,9H,8,10-11H2,1-4H3;1-2,5,8,11H,3-4,6-7H2,(H,12,13);2-4H,1H3;1,3H;1H;;;/q;;;;;;2*+1;-1/p-1. The summed E-state index contributed by atoms with van der Waals surface area (Å²) in [6, 6.07) is 11.5. The number of carbonyl (C=O) groups is 3. The van der Waals surface area contributed by atoms with Crippen molar-refractivity contribution in [1.82, 2.24) is 30.1 Å². The van der Waals surface area contributed by atoms with Gasteiger partial charge in [-0.3, -0.25) is 9.59 Å². The molecule has 7 rings (SSSR count). The molecule has 390 valence electrons. The third-order valence-electron chi connectivity index (χ3n) is 11.2. The van der Waals surface area contributed by atoms with Crippen LogP contribution in [0, 0.1) is 3.57 Å². The van der Waals surface area contributed by atoms with Crippen LogP contribution >= 0.6 is 35.0 Å². The van der Waals surface area contributed by atoms with Crippen LogP contribution < -0.4 is 128 Å². The average Bonchev–Trinajstić information content (AvgIpc) is 3.54. The Morgan fingerprint density at radius 3 is 1.75 bits per heavy atom. The molecule has 3 aromatic rings. The van der Waals surface area contributed by atoms with Crippen molar-refractivity contribution >= 4 is 66.3 Å². The van der Waals surface area contributed by atoms with E-state index in [1.165, 1.54) is 0 Å². The van der Waals surface area contributed by atoms with Gasteiger partial charge in [0, 0.05) is 55.9 Å². The number of nitrogens with zero attached hydrogens (tertiary/aromatic N) is 4. The van der Waals surface area contributed by atoms with Crippen molar-refractivity contribution in [2.75, 3.05) is 53.5 Å². The van der Waals surface area contributed by atoms with Gasteiger partial charge < -0.3 is 59.9 Å². The SMILES string of the molecule is CC(C)(C)OC(=O)N1CC=C(B2OC(C)(C)C(C)(C)O2)CC1.COc1ncccc1C1=CCN(C(=O)OC(C)(C)C)CC1.COc1ncccc1I.Cl.O=CO[O-].O=c1[nH]cccc1C1CCNCC1.[H-].[K+].[K+]. The second kappa shape index (κ2) is 34.3. The number of methoxy groups -OCH3 is 2. The van der Waals surface area contributed by atoms with E-state index >= 15 is 0 Å². The second-order valence-corrected chi connectivity index (χ2v) is 20.3. The molecule has 18 nitrogen and oxygen atoms in total. The van der Waals surface area contributed by atoms with Gasteiger partial charge in [0.05, 0.1) is 29.0 Å². The molecule has 2 fully saturated rings. The van der Waals surface area contributed by atoms with Gasteiger partial charge in [-0.2, -0.15) is 0 Å². The van der Waals surface area contributed by atoms with Crippen LogP contribution in [0.15, 0.2) is 77.4 Å². The second-order valence-electron chi connectivity index (χ2n) is 19.2. The molecule has 3 aromatic heterocycles. The van der Waals surface area contributed by atoms with Crippen LogP contribution in [-0.2, 0) is 28.5 Å². The van der Waals surface area contributed by atoms with Gasteiger partial charge in [-0.15, -0.1) is 12.4 Å². The third kappa shape index (κ3) is 24.3. The normalized spacial score (nSPS) is 16.7. The van der Waals surface area contributed by atoms with Crippen molar-refractivity contribution < 1.29 is 157 Å². The molecule has 0 unspecified atom stereocenters. The van der Waals surface area contributed by atoms with E-state index in [9.17, 15) is 14.4 Å². The molecule has 2 saturated heterocycles. The Balaban J connectivity index is 0. The Morgan fingerprint density at radius 1 is 0.833 bits per heavy atom. The molecule has 2 N–H and O–H groups in total. The van der Waals surface area contributed by atoms with E-state index in [0.29, 0.717) is 43.9 Å². The molecule has 0 radical (unpaired) electrons. The summed E-state index contributed by atoms with van der Waals surface area (Å²) < 4.78 is 34.1. The van der Waals surface area contributed by atoms with Gasteiger partial charge in [-0.25, -0.2) is 19.6 Å². The minimum atomic E-state index is -0.465. The zero-order chi connectivity index (χ0) is 51.4. The first-order valence-corrected chi connectivity index (χ1v) is 24.0. The summed E-state index contributed by atoms with van der Waals surface area (Å²) in [5.74, 6) is 1.76. The fraction of sp³-hybridized carbons (Fsp3) is 0.551. The van der Waals surface area contributed by atoms with Gasteiger partial charge >= 0.3 is 122 Å². The van der Waals surface area contributed by atoms with Crippen LogP contribution in [0.1, 0.15) is 113 Å². The molecule has 0 aliphatic carbocycles. The number of rotatable bonds is 6. The van der Waals surface area contributed by atoms with Crippen molar-refractivity contribution in [3.8, 4) is 11.8 Å². The number of hydrogen-bond acceptors (Lipinski definition) is 15. The molecule has 23 heteroatoms. The molecule has 0 atom stereocenters. The number of aromatic nitrogens is 3. The largest absolute Gasteiger partial charge is 1.00 e. The zero-order valence-corrected chi connectivity index (χ0v) is 53.8. The fourth-order valence-electron chi connectivity index (χ4n) is 7.00. The average molecular weight is 1190 g/mol. The number of nitrogens with one attached hydrogen (secondary N) is 2. The maximum atomic E-state index is 12.1. The van der Waals surface area contributed by atoms with Crippen LogP contribution in [-0.4, -0.2) is 126 Å². The Kier molecular flexibility index (Phi) is 33.6. The van der Waals surface area contributed by atoms with Gasteiger partial charge in [0.15, 0.2) is 0 Å². The topological polar surface area (TPSA) is 216 Å². The minimum absolute atomic E-state index is 0. The summed E-state index contributed by atoms with van der Waals surface area (Å²) in [5.41, 5.74) is 2.68. The Bertz CT molecular complexity index is 2230. The van der Waals surface area contributed by atoms with E-state index in [0.717, 1.165) is 64.5 Å². The van der Waals surface area contributed by atoms with E-state index in [1.807, 2.05) is 118 Å². The van der Waals surface area contributed by atoms with E-state index in [1.54, 1.807) is 42.6 Å². The quantitative estimate of drug-likeness (QED) is 0.118. The number of ether oxygens (including phenoxy) is 4. The molecule has 0 aromatic carbocycles. The number of carbonyl (C=O) groups excluding carboxylic acids is 3. The summed E-state index contributed by atoms with van der Waals surface area (Å²) in [4.78, 5) is 61.1. The number of piperidine rings is 1. The van der Waals surface area contributed by atoms with Gasteiger partial charge in [-0.05, 0) is 178 Å². The van der Waals surface area contributed by atoms with Crippen LogP contribution in [0.5, 0.6) is 11.8 Å². The third-order valence-corrected chi connectivity index (χ3v) is 12.0. The predicted molar refractivity (Wildman–Crippen MR) is 279 cm³/mol. The monoisotopic (exact) mass is 1190 g/mol. The maximum absolute atomic E-state index is 12.1. The van der Waals surface area contributed by atoms with Gasteiger partial charge in [0.25, 0.3) is 12.0 Å². The van der Waals surface area contributed by atoms with Crippen LogP contribution in [0.3, 0.4) is 0 Å². The number of halogens is 2. The van der Waals surface area contributed by atoms with Crippen molar-refractivity contribution in [3.05, 3.63) is 97.7 Å². The summed E-state index contributed by atoms with van der Waals surface area (Å²) in [6.07, 6.45) is 12.3. The summed E-state index contributed by atoms with van der Waals surface area (Å²) >= 11 is 2.17. The number of hydrogen-bond donors (Lipinski definition) is 2. The minimum Gasteiger partial charge on any atom is -1.00 e. The van der Waals surface area contributed by atoms with E-state index in [4.69, 9.17) is 38.3 Å². The Hall–Kier alpha value is -1.46. The smallest absolute Gasteiger partial charge is 1.00 e. The Labute approximate surface area is 532 Å². The number of aromatic amines is 1. The number of amides is 2. The molecule has 4 aliphatic heterocycles. The maximum Gasteiger partial charge on any atom is 1.00 e. The summed E-state index contributed by atoms with van der Waals surface area (Å²) in [6.45, 7) is 23.6. The van der Waals surface area contributed by atoms with E-state index in [-0.39, 0.29) is 159 Å². The predicted octanol–water partition coefficient (Wildman–Crippen LogP) is 1.81. The Morgan fingerprint density at radius 2 is 1.33 bits per heavy atom. The molecular weight excluding hydrogens is 1120 g/mol. The first-order valence-electron chi connectivity index (χ1n) is 22.9. The molecule has 4 aliphatic rings. The van der Waals surface area contributed by atoms with Crippen LogP contribution in [0.4, 0.5) is 9.59 Å². The van der Waals surface area contributed by atoms with Crippen LogP contribution in [0.25, 0.3) is 5.57 Å². The van der Waals surface area contributed by atoms with Gasteiger partial charge in [0.2, 0.25) is 11.8 Å². The summed E-state index contributed by atoms with van der Waals surface area (Å²) in [7, 11) is 2.91.